The van der Waals surface area contributed by atoms with E-state index in [1.165, 1.54) is 17.1 Å². The van der Waals surface area contributed by atoms with E-state index >= 15 is 0 Å². The molecule has 0 amide bonds. The van der Waals surface area contributed by atoms with Crippen molar-refractivity contribution in [2.45, 2.75) is 19.0 Å². The first-order chi connectivity index (χ1) is 12.2. The number of carboxylic acid groups (broad SMARTS) is 1. The van der Waals surface area contributed by atoms with Crippen molar-refractivity contribution in [1.82, 2.24) is 19.9 Å². The number of nitrogens with one attached hydrogen (secondary N) is 1. The van der Waals surface area contributed by atoms with Gasteiger partial charge in [-0.1, -0.05) is 22.6 Å². The molecule has 128 valence electrons. The highest BCUT2D eigenvalue weighted by Gasteiger charge is 2.23. The highest BCUT2D eigenvalue weighted by atomic mass is 127. The molecule has 3 aromatic rings. The zero-order valence-electron chi connectivity index (χ0n) is 13.1. The van der Waals surface area contributed by atoms with Crippen LogP contribution in [0.5, 0.6) is 11.6 Å². The van der Waals surface area contributed by atoms with Crippen molar-refractivity contribution < 1.29 is 14.6 Å². The van der Waals surface area contributed by atoms with Crippen molar-refractivity contribution in [3.05, 3.63) is 48.0 Å². The molecule has 0 bridgehead atoms. The third-order valence-corrected chi connectivity index (χ3v) is 5.34. The van der Waals surface area contributed by atoms with Gasteiger partial charge in [0.05, 0.1) is 11.2 Å². The molecule has 25 heavy (non-hydrogen) atoms. The van der Waals surface area contributed by atoms with Crippen molar-refractivity contribution in [1.29, 1.82) is 0 Å². The van der Waals surface area contributed by atoms with Crippen LogP contribution in [0.4, 0.5) is 4.79 Å². The fraction of sp³-hybridized carbons (Fsp3) is 0.235. The van der Waals surface area contributed by atoms with E-state index in [-0.39, 0.29) is 0 Å². The number of hydrogen-bond donors (Lipinski definition) is 2. The average Bonchev–Trinajstić information content (AvgIpc) is 3.05. The summed E-state index contributed by atoms with van der Waals surface area (Å²) in [6.45, 7) is 0.711. The topological polar surface area (TPSA) is 89.3 Å². The van der Waals surface area contributed by atoms with E-state index in [9.17, 15) is 4.79 Å². The summed E-state index contributed by atoms with van der Waals surface area (Å²) >= 11 is 2.36. The number of benzene rings is 1. The van der Waals surface area contributed by atoms with Gasteiger partial charge >= 0.3 is 6.09 Å². The smallest absolute Gasteiger partial charge is 0.415 e. The van der Waals surface area contributed by atoms with Gasteiger partial charge in [-0.05, 0) is 30.7 Å². The molecular formula is C17H15IN4O3. The second-order valence-electron chi connectivity index (χ2n) is 5.83. The lowest BCUT2D eigenvalue weighted by Crippen LogP contribution is -2.37. The Bertz CT molecular complexity index is 956. The quantitative estimate of drug-likeness (QED) is 0.471. The van der Waals surface area contributed by atoms with Crippen molar-refractivity contribution in [2.75, 3.05) is 4.43 Å². The molecule has 0 aliphatic carbocycles. The molecule has 1 unspecified atom stereocenters. The van der Waals surface area contributed by atoms with E-state index in [1.54, 1.807) is 18.2 Å². The van der Waals surface area contributed by atoms with Crippen LogP contribution < -0.4 is 10.1 Å². The molecule has 1 aromatic carbocycles. The van der Waals surface area contributed by atoms with Crippen LogP contribution in [0.2, 0.25) is 0 Å². The average molecular weight is 450 g/mol. The summed E-state index contributed by atoms with van der Waals surface area (Å²) < 4.78 is 8.19. The number of fused-ring (bicyclic) bond motifs is 2. The minimum Gasteiger partial charge on any atom is -0.464 e. The minimum absolute atomic E-state index is 0.383. The van der Waals surface area contributed by atoms with Gasteiger partial charge < -0.3 is 15.2 Å². The summed E-state index contributed by atoms with van der Waals surface area (Å²) in [4.78, 5) is 19.8. The fourth-order valence-corrected chi connectivity index (χ4v) is 3.63. The summed E-state index contributed by atoms with van der Waals surface area (Å²) in [6, 6.07) is 7.45. The Morgan fingerprint density at radius 3 is 3.08 bits per heavy atom. The molecule has 0 saturated heterocycles. The first-order valence-corrected chi connectivity index (χ1v) is 9.32. The third-order valence-electron chi connectivity index (χ3n) is 4.27. The van der Waals surface area contributed by atoms with Gasteiger partial charge in [-0.25, -0.2) is 14.8 Å². The third kappa shape index (κ3) is 3.07. The van der Waals surface area contributed by atoms with Crippen molar-refractivity contribution in [2.24, 2.45) is 0 Å². The Balaban J connectivity index is 1.67. The van der Waals surface area contributed by atoms with Crippen LogP contribution in [-0.4, -0.2) is 36.2 Å². The second-order valence-corrected chi connectivity index (χ2v) is 6.71. The van der Waals surface area contributed by atoms with Gasteiger partial charge in [0, 0.05) is 34.2 Å². The minimum atomic E-state index is -1.01. The van der Waals surface area contributed by atoms with Gasteiger partial charge in [0.2, 0.25) is 5.88 Å². The van der Waals surface area contributed by atoms with Crippen molar-refractivity contribution in [3.63, 3.8) is 0 Å². The van der Waals surface area contributed by atoms with Crippen LogP contribution in [0.15, 0.2) is 36.8 Å². The van der Waals surface area contributed by atoms with E-state index in [2.05, 4.69) is 37.9 Å². The van der Waals surface area contributed by atoms with Crippen LogP contribution >= 0.6 is 22.6 Å². The predicted molar refractivity (Wildman–Crippen MR) is 101 cm³/mol. The van der Waals surface area contributed by atoms with E-state index in [0.717, 1.165) is 27.5 Å². The molecule has 3 heterocycles. The Hall–Kier alpha value is -2.20. The number of hydrogen-bond acceptors (Lipinski definition) is 5. The number of alkyl halides is 1. The molecule has 2 aromatic heterocycles. The number of halogens is 1. The Morgan fingerprint density at radius 2 is 2.28 bits per heavy atom. The molecule has 0 radical (unpaired) electrons. The summed E-state index contributed by atoms with van der Waals surface area (Å²) in [5.74, 6) is 1.19. The number of ether oxygens (including phenoxy) is 1. The predicted octanol–water partition coefficient (Wildman–Crippen LogP) is 3.20. The van der Waals surface area contributed by atoms with Gasteiger partial charge in [0.25, 0.3) is 0 Å². The first-order valence-electron chi connectivity index (χ1n) is 7.80. The van der Waals surface area contributed by atoms with E-state index in [1.807, 2.05) is 6.07 Å². The lowest BCUT2D eigenvalue weighted by Gasteiger charge is -2.24. The van der Waals surface area contributed by atoms with Crippen LogP contribution in [0.25, 0.3) is 10.9 Å². The number of aromatic nitrogens is 3. The van der Waals surface area contributed by atoms with Crippen LogP contribution in [-0.2, 0) is 13.0 Å². The monoisotopic (exact) mass is 450 g/mol. The molecule has 1 atom stereocenters. The Morgan fingerprint density at radius 1 is 1.40 bits per heavy atom. The zero-order valence-corrected chi connectivity index (χ0v) is 15.3. The maximum atomic E-state index is 11.2. The van der Waals surface area contributed by atoms with Gasteiger partial charge in [0.1, 0.15) is 12.1 Å². The van der Waals surface area contributed by atoms with Crippen LogP contribution in [0.1, 0.15) is 11.3 Å². The molecule has 0 saturated carbocycles. The molecule has 7 nitrogen and oxygen atoms in total. The molecule has 1 aliphatic heterocycles. The normalized spacial score (nSPS) is 16.6. The summed E-state index contributed by atoms with van der Waals surface area (Å²) in [7, 11) is 0. The summed E-state index contributed by atoms with van der Waals surface area (Å²) in [5, 5.41) is 13.4. The standard InChI is InChI=1S/C17H15IN4O3/c18-7-11-6-13-14(8-19-11)20-9-21-16(13)25-12-1-2-15-10(5-12)3-4-22(15)17(23)24/h1-5,9,11,19H,6-8H2,(H,23,24). The van der Waals surface area contributed by atoms with E-state index in [0.29, 0.717) is 29.7 Å². The highest BCUT2D eigenvalue weighted by Crippen LogP contribution is 2.30. The molecule has 4 rings (SSSR count). The molecule has 0 spiro atoms. The number of rotatable bonds is 3. The number of carbonyl (C=O) groups is 1. The van der Waals surface area contributed by atoms with Gasteiger partial charge in [0.15, 0.2) is 0 Å². The van der Waals surface area contributed by atoms with Gasteiger partial charge in [-0.3, -0.25) is 4.57 Å². The van der Waals surface area contributed by atoms with E-state index < -0.39 is 6.09 Å². The van der Waals surface area contributed by atoms with Crippen LogP contribution in [0, 0.1) is 0 Å². The highest BCUT2D eigenvalue weighted by molar-refractivity contribution is 14.1. The maximum Gasteiger partial charge on any atom is 0.415 e. The lowest BCUT2D eigenvalue weighted by atomic mass is 10.0. The van der Waals surface area contributed by atoms with Crippen LogP contribution in [0.3, 0.4) is 0 Å². The van der Waals surface area contributed by atoms with Gasteiger partial charge in [-0.15, -0.1) is 0 Å². The molecule has 2 N–H and O–H groups in total. The van der Waals surface area contributed by atoms with Crippen molar-refractivity contribution in [3.8, 4) is 11.6 Å². The van der Waals surface area contributed by atoms with E-state index in [4.69, 9.17) is 9.84 Å². The Kier molecular flexibility index (Phi) is 4.30. The Labute approximate surface area is 157 Å². The molecule has 1 aliphatic rings. The first kappa shape index (κ1) is 16.3. The second kappa shape index (κ2) is 6.60. The van der Waals surface area contributed by atoms with Gasteiger partial charge in [-0.2, -0.15) is 0 Å². The largest absolute Gasteiger partial charge is 0.464 e. The summed E-state index contributed by atoms with van der Waals surface area (Å²) in [5.41, 5.74) is 2.62. The van der Waals surface area contributed by atoms with Crippen molar-refractivity contribution >= 4 is 39.6 Å². The number of nitrogens with zero attached hydrogens (tertiary/aromatic N) is 3. The molecule has 0 fully saturated rings. The molecule has 8 heteroatoms. The maximum absolute atomic E-state index is 11.2. The fourth-order valence-electron chi connectivity index (χ4n) is 3.01. The molecular weight excluding hydrogens is 435 g/mol. The summed E-state index contributed by atoms with van der Waals surface area (Å²) in [6.07, 6.45) is 2.86. The SMILES string of the molecule is O=C(O)n1ccc2cc(Oc3ncnc4c3CC(CI)NC4)ccc21. The zero-order chi connectivity index (χ0) is 17.4. The lowest BCUT2D eigenvalue weighted by molar-refractivity contribution is 0.197.